The van der Waals surface area contributed by atoms with Crippen molar-refractivity contribution >= 4 is 5.91 Å². The van der Waals surface area contributed by atoms with E-state index >= 15 is 0 Å². The first-order valence-corrected chi connectivity index (χ1v) is 17.5. The molecule has 1 atom stereocenters. The fraction of sp³-hybridized carbons (Fsp3) is 0.649. The zero-order chi connectivity index (χ0) is 33.8. The van der Waals surface area contributed by atoms with Crippen molar-refractivity contribution in [3.63, 3.8) is 0 Å². The molecule has 4 nitrogen and oxygen atoms in total. The van der Waals surface area contributed by atoms with Crippen LogP contribution in [-0.4, -0.2) is 72.5 Å². The van der Waals surface area contributed by atoms with Gasteiger partial charge in [0.25, 0.3) is 0 Å². The second-order valence-corrected chi connectivity index (χ2v) is 13.9. The largest absolute Gasteiger partial charge is 0.416 e. The molecule has 2 saturated heterocycles. The average Bonchev–Trinajstić information content (AvgIpc) is 3.06. The first kappa shape index (κ1) is 35.7. The molecule has 2 aromatic carbocycles. The summed E-state index contributed by atoms with van der Waals surface area (Å²) in [6.45, 7) is 10.1. The molecule has 1 unspecified atom stereocenters. The van der Waals surface area contributed by atoms with Gasteiger partial charge >= 0.3 is 12.4 Å². The summed E-state index contributed by atoms with van der Waals surface area (Å²) in [7, 11) is 0. The van der Waals surface area contributed by atoms with Crippen molar-refractivity contribution in [1.82, 2.24) is 14.7 Å². The lowest BCUT2D eigenvalue weighted by molar-refractivity contribution is -0.143. The minimum Gasteiger partial charge on any atom is -0.342 e. The number of amides is 1. The summed E-state index contributed by atoms with van der Waals surface area (Å²) in [5, 5.41) is 0. The number of rotatable bonds is 9. The first-order valence-electron chi connectivity index (χ1n) is 17.5. The number of carbonyl (C=O) groups excluding carboxylic acids is 1. The highest BCUT2D eigenvalue weighted by atomic mass is 19.4. The van der Waals surface area contributed by atoms with Crippen LogP contribution in [0.25, 0.3) is 0 Å². The van der Waals surface area contributed by atoms with E-state index in [1.165, 1.54) is 48.8 Å². The molecule has 3 aliphatic rings. The molecule has 1 saturated carbocycles. The third kappa shape index (κ3) is 8.72. The summed E-state index contributed by atoms with van der Waals surface area (Å²) in [4.78, 5) is 20.5. The van der Waals surface area contributed by atoms with Gasteiger partial charge in [-0.3, -0.25) is 9.69 Å². The van der Waals surface area contributed by atoms with Gasteiger partial charge in [0.05, 0.1) is 17.5 Å². The Bertz CT molecular complexity index is 1330. The number of nitrogens with zero attached hydrogens (tertiary/aromatic N) is 3. The zero-order valence-electron chi connectivity index (χ0n) is 27.8. The van der Waals surface area contributed by atoms with E-state index in [1.54, 1.807) is 4.90 Å². The zero-order valence-corrected chi connectivity index (χ0v) is 27.8. The van der Waals surface area contributed by atoms with E-state index in [1.807, 2.05) is 0 Å². The lowest BCUT2D eigenvalue weighted by Gasteiger charge is -2.46. The van der Waals surface area contributed by atoms with Gasteiger partial charge in [0, 0.05) is 50.7 Å². The van der Waals surface area contributed by atoms with E-state index in [4.69, 9.17) is 0 Å². The Morgan fingerprint density at radius 1 is 0.787 bits per heavy atom. The van der Waals surface area contributed by atoms with Crippen LogP contribution in [0.2, 0.25) is 0 Å². The lowest BCUT2D eigenvalue weighted by Crippen LogP contribution is -2.53. The molecule has 1 aliphatic carbocycles. The standard InChI is InChI=1S/C37H49F6N3O/c1-3-28-11-12-30(24-29(28)4-2)35(14-16-44-17-19-45(20-18-44)33-9-6-5-7-10-33)13-8-15-46(26-35)34(47)23-27-21-31(36(38,39)40)25-32(22-27)37(41,42)43/h11-12,21-22,24-25,33H,3-10,13-20,23,26H2,1-2H3. The second kappa shape index (κ2) is 14.9. The molecule has 0 radical (unpaired) electrons. The minimum absolute atomic E-state index is 0.111. The molecule has 0 aromatic heterocycles. The molecule has 2 aliphatic heterocycles. The number of benzene rings is 2. The van der Waals surface area contributed by atoms with Crippen molar-refractivity contribution in [3.8, 4) is 0 Å². The number of carbonyl (C=O) groups is 1. The maximum atomic E-state index is 13.7. The van der Waals surface area contributed by atoms with E-state index < -0.39 is 35.8 Å². The van der Waals surface area contributed by atoms with Crippen LogP contribution >= 0.6 is 0 Å². The normalized spacial score (nSPS) is 22.5. The number of aryl methyl sites for hydroxylation is 2. The summed E-state index contributed by atoms with van der Waals surface area (Å²) in [6, 6.07) is 8.79. The molecule has 0 bridgehead atoms. The van der Waals surface area contributed by atoms with Gasteiger partial charge < -0.3 is 9.80 Å². The molecule has 3 fully saturated rings. The molecule has 2 heterocycles. The average molecular weight is 666 g/mol. The highest BCUT2D eigenvalue weighted by molar-refractivity contribution is 5.79. The van der Waals surface area contributed by atoms with Crippen LogP contribution in [0.4, 0.5) is 26.3 Å². The Labute approximate surface area is 275 Å². The lowest BCUT2D eigenvalue weighted by atomic mass is 9.70. The van der Waals surface area contributed by atoms with Crippen molar-refractivity contribution < 1.29 is 31.1 Å². The van der Waals surface area contributed by atoms with Gasteiger partial charge in [-0.2, -0.15) is 26.3 Å². The highest BCUT2D eigenvalue weighted by Crippen LogP contribution is 2.40. The summed E-state index contributed by atoms with van der Waals surface area (Å²) in [6.07, 6.45) is 0.349. The predicted octanol–water partition coefficient (Wildman–Crippen LogP) is 8.29. The van der Waals surface area contributed by atoms with Crippen LogP contribution in [0, 0.1) is 0 Å². The summed E-state index contributed by atoms with van der Waals surface area (Å²) in [5.41, 5.74) is 0.324. The Balaban J connectivity index is 1.35. The quantitative estimate of drug-likeness (QED) is 0.252. The van der Waals surface area contributed by atoms with E-state index in [0.29, 0.717) is 37.7 Å². The summed E-state index contributed by atoms with van der Waals surface area (Å²) >= 11 is 0. The molecule has 5 rings (SSSR count). The van der Waals surface area contributed by atoms with E-state index in [0.717, 1.165) is 58.4 Å². The van der Waals surface area contributed by atoms with Gasteiger partial charge in [-0.15, -0.1) is 0 Å². The molecule has 0 N–H and O–H groups in total. The Kier molecular flexibility index (Phi) is 11.3. The maximum absolute atomic E-state index is 13.7. The van der Waals surface area contributed by atoms with Gasteiger partial charge in [-0.1, -0.05) is 51.3 Å². The summed E-state index contributed by atoms with van der Waals surface area (Å²) < 4.78 is 81.1. The second-order valence-electron chi connectivity index (χ2n) is 13.9. The molecular formula is C37H49F6N3O. The molecule has 260 valence electrons. The van der Waals surface area contributed by atoms with Crippen molar-refractivity contribution in [1.29, 1.82) is 0 Å². The van der Waals surface area contributed by atoms with Gasteiger partial charge in [0.2, 0.25) is 5.91 Å². The van der Waals surface area contributed by atoms with Crippen molar-refractivity contribution in [2.75, 3.05) is 45.8 Å². The van der Waals surface area contributed by atoms with Crippen molar-refractivity contribution in [2.24, 2.45) is 0 Å². The van der Waals surface area contributed by atoms with Crippen LogP contribution in [0.1, 0.15) is 98.6 Å². The van der Waals surface area contributed by atoms with Gasteiger partial charge in [0.1, 0.15) is 0 Å². The van der Waals surface area contributed by atoms with Crippen LogP contribution in [0.3, 0.4) is 0 Å². The number of alkyl halides is 6. The van der Waals surface area contributed by atoms with E-state index in [2.05, 4.69) is 41.8 Å². The van der Waals surface area contributed by atoms with Crippen molar-refractivity contribution in [3.05, 3.63) is 69.8 Å². The van der Waals surface area contributed by atoms with E-state index in [9.17, 15) is 31.1 Å². The topological polar surface area (TPSA) is 26.8 Å². The predicted molar refractivity (Wildman–Crippen MR) is 172 cm³/mol. The number of hydrogen-bond acceptors (Lipinski definition) is 3. The molecule has 10 heteroatoms. The highest BCUT2D eigenvalue weighted by Gasteiger charge is 2.41. The summed E-state index contributed by atoms with van der Waals surface area (Å²) in [5.74, 6) is -0.441. The fourth-order valence-electron chi connectivity index (χ4n) is 8.14. The third-order valence-corrected chi connectivity index (χ3v) is 10.9. The number of halogens is 6. The SMILES string of the molecule is CCc1ccc(C2(CCN3CCN(C4CCCCC4)CC3)CCCN(C(=O)Cc3cc(C(F)(F)F)cc(C(F)(F)F)c3)C2)cc1CC. The Morgan fingerprint density at radius 3 is 2.02 bits per heavy atom. The smallest absolute Gasteiger partial charge is 0.342 e. The monoisotopic (exact) mass is 665 g/mol. The van der Waals surface area contributed by atoms with Crippen LogP contribution in [-0.2, 0) is 41.8 Å². The molecular weight excluding hydrogens is 616 g/mol. The number of piperidine rings is 1. The van der Waals surface area contributed by atoms with Gasteiger partial charge in [0.15, 0.2) is 0 Å². The Hall–Kier alpha value is -2.59. The minimum atomic E-state index is -4.96. The van der Waals surface area contributed by atoms with Gasteiger partial charge in [-0.25, -0.2) is 0 Å². The van der Waals surface area contributed by atoms with Gasteiger partial charge in [-0.05, 0) is 91.9 Å². The van der Waals surface area contributed by atoms with Crippen LogP contribution in [0.5, 0.6) is 0 Å². The molecule has 1 amide bonds. The molecule has 2 aromatic rings. The van der Waals surface area contributed by atoms with Crippen LogP contribution < -0.4 is 0 Å². The van der Waals surface area contributed by atoms with Crippen molar-refractivity contribution in [2.45, 2.75) is 108 Å². The molecule has 47 heavy (non-hydrogen) atoms. The molecule has 0 spiro atoms. The number of likely N-dealkylation sites (tertiary alicyclic amines) is 1. The fourth-order valence-corrected chi connectivity index (χ4v) is 8.14. The van der Waals surface area contributed by atoms with Crippen LogP contribution in [0.15, 0.2) is 36.4 Å². The third-order valence-electron chi connectivity index (χ3n) is 10.9. The first-order chi connectivity index (χ1) is 22.3. The number of piperazine rings is 1. The van der Waals surface area contributed by atoms with E-state index in [-0.39, 0.29) is 17.0 Å². The Morgan fingerprint density at radius 2 is 1.43 bits per heavy atom. The maximum Gasteiger partial charge on any atom is 0.416 e. The number of hydrogen-bond donors (Lipinski definition) is 0.